The van der Waals surface area contributed by atoms with Crippen LogP contribution in [0.15, 0.2) is 53.4 Å². The molecule has 1 aliphatic rings. The van der Waals surface area contributed by atoms with Gasteiger partial charge in [-0.2, -0.15) is 0 Å². The van der Waals surface area contributed by atoms with E-state index in [1.54, 1.807) is 19.2 Å². The van der Waals surface area contributed by atoms with Gasteiger partial charge in [-0.15, -0.1) is 0 Å². The quantitative estimate of drug-likeness (QED) is 0.800. The van der Waals surface area contributed by atoms with Gasteiger partial charge in [0.15, 0.2) is 9.84 Å². The molecule has 1 aliphatic carbocycles. The molecule has 0 heterocycles. The number of halogens is 1. The number of hydrogen-bond acceptors (Lipinski definition) is 5. The summed E-state index contributed by atoms with van der Waals surface area (Å²) in [6.07, 6.45) is 0. The molecule has 25 heavy (non-hydrogen) atoms. The van der Waals surface area contributed by atoms with Crippen LogP contribution in [0.4, 0.5) is 0 Å². The van der Waals surface area contributed by atoms with E-state index in [9.17, 15) is 8.42 Å². The highest BCUT2D eigenvalue weighted by atomic mass is 35.5. The maximum absolute atomic E-state index is 13.2. The molecule has 4 N–H and O–H groups in total. The molecule has 7 heteroatoms. The average molecular weight is 381 g/mol. The van der Waals surface area contributed by atoms with E-state index in [1.165, 1.54) is 12.1 Å². The van der Waals surface area contributed by atoms with Gasteiger partial charge in [-0.05, 0) is 42.0 Å². The smallest absolute Gasteiger partial charge is 0.182 e. The zero-order chi connectivity index (χ0) is 18.2. The van der Waals surface area contributed by atoms with Crippen molar-refractivity contribution in [2.75, 3.05) is 20.2 Å². The van der Waals surface area contributed by atoms with Crippen LogP contribution in [-0.4, -0.2) is 33.9 Å². The molecule has 0 bridgehead atoms. The lowest BCUT2D eigenvalue weighted by atomic mass is 9.99. The Labute approximate surface area is 152 Å². The molecule has 2 aromatic carbocycles. The first kappa shape index (κ1) is 18.2. The Bertz CT molecular complexity index is 847. The first-order chi connectivity index (χ1) is 11.9. The summed E-state index contributed by atoms with van der Waals surface area (Å²) in [5.41, 5.74) is 12.2. The Hall–Kier alpha value is -1.60. The largest absolute Gasteiger partial charge is 0.497 e. The van der Waals surface area contributed by atoms with Gasteiger partial charge < -0.3 is 16.2 Å². The molecule has 3 rings (SSSR count). The molecule has 1 saturated carbocycles. The monoisotopic (exact) mass is 380 g/mol. The van der Waals surface area contributed by atoms with E-state index in [2.05, 4.69) is 0 Å². The van der Waals surface area contributed by atoms with Gasteiger partial charge in [-0.25, -0.2) is 8.42 Å². The summed E-state index contributed by atoms with van der Waals surface area (Å²) in [6.45, 7) is 0.412. The summed E-state index contributed by atoms with van der Waals surface area (Å²) in [5, 5.41) is -0.157. The average Bonchev–Trinajstić information content (AvgIpc) is 3.33. The van der Waals surface area contributed by atoms with Crippen molar-refractivity contribution in [1.82, 2.24) is 0 Å². The van der Waals surface area contributed by atoms with Gasteiger partial charge in [0.2, 0.25) is 0 Å². The molecule has 0 spiro atoms. The van der Waals surface area contributed by atoms with Crippen LogP contribution in [0.3, 0.4) is 0 Å². The van der Waals surface area contributed by atoms with E-state index in [0.29, 0.717) is 10.8 Å². The summed E-state index contributed by atoms with van der Waals surface area (Å²) in [6, 6.07) is 13.6. The van der Waals surface area contributed by atoms with Crippen molar-refractivity contribution in [3.63, 3.8) is 0 Å². The Morgan fingerprint density at radius 3 is 2.08 bits per heavy atom. The maximum Gasteiger partial charge on any atom is 0.182 e. The third-order valence-electron chi connectivity index (χ3n) is 5.09. The normalized spacial score (nSPS) is 21.8. The van der Waals surface area contributed by atoms with Crippen LogP contribution in [0.25, 0.3) is 0 Å². The van der Waals surface area contributed by atoms with Gasteiger partial charge in [-0.1, -0.05) is 23.7 Å². The third kappa shape index (κ3) is 2.93. The second-order valence-corrected chi connectivity index (χ2v) is 8.82. The van der Waals surface area contributed by atoms with E-state index in [0.717, 1.165) is 5.56 Å². The molecule has 2 atom stereocenters. The van der Waals surface area contributed by atoms with Crippen LogP contribution >= 0.6 is 11.6 Å². The van der Waals surface area contributed by atoms with Gasteiger partial charge in [0, 0.05) is 29.4 Å². The lowest BCUT2D eigenvalue weighted by Crippen LogP contribution is -2.31. The fourth-order valence-electron chi connectivity index (χ4n) is 3.60. The van der Waals surface area contributed by atoms with Gasteiger partial charge >= 0.3 is 0 Å². The molecular formula is C18H21ClN2O3S. The molecule has 5 nitrogen and oxygen atoms in total. The van der Waals surface area contributed by atoms with Gasteiger partial charge in [0.05, 0.1) is 17.3 Å². The molecule has 0 amide bonds. The molecule has 0 aliphatic heterocycles. The first-order valence-corrected chi connectivity index (χ1v) is 9.86. The summed E-state index contributed by atoms with van der Waals surface area (Å²) in [5.74, 6) is 0.474. The minimum atomic E-state index is -3.58. The number of benzene rings is 2. The molecule has 134 valence electrons. The van der Waals surface area contributed by atoms with E-state index in [1.807, 2.05) is 24.3 Å². The number of ether oxygens (including phenoxy) is 1. The van der Waals surface area contributed by atoms with Gasteiger partial charge in [-0.3, -0.25) is 0 Å². The Morgan fingerprint density at radius 1 is 1.04 bits per heavy atom. The number of sulfone groups is 1. The van der Waals surface area contributed by atoms with Crippen LogP contribution in [0, 0.1) is 5.41 Å². The summed E-state index contributed by atoms with van der Waals surface area (Å²) >= 11 is 5.87. The number of methoxy groups -OCH3 is 1. The fraction of sp³-hybridized carbons (Fsp3) is 0.333. The highest BCUT2D eigenvalue weighted by molar-refractivity contribution is 7.92. The van der Waals surface area contributed by atoms with Crippen molar-refractivity contribution >= 4 is 21.4 Å². The SMILES string of the molecule is COc1ccc([C@@H]2[C@H](S(=O)(=O)c3ccc(Cl)cc3)C2(CN)CN)cc1. The fourth-order valence-corrected chi connectivity index (χ4v) is 6.20. The maximum atomic E-state index is 13.2. The molecule has 0 saturated heterocycles. The van der Waals surface area contributed by atoms with Crippen LogP contribution in [0.5, 0.6) is 5.75 Å². The minimum absolute atomic E-state index is 0.206. The molecule has 2 aromatic rings. The minimum Gasteiger partial charge on any atom is -0.497 e. The first-order valence-electron chi connectivity index (χ1n) is 7.94. The molecule has 0 radical (unpaired) electrons. The van der Waals surface area contributed by atoms with Crippen LogP contribution in [0.1, 0.15) is 11.5 Å². The number of nitrogens with two attached hydrogens (primary N) is 2. The lowest BCUT2D eigenvalue weighted by Gasteiger charge is -2.13. The predicted octanol–water partition coefficient (Wildman–Crippen LogP) is 2.19. The van der Waals surface area contributed by atoms with E-state index >= 15 is 0 Å². The second kappa shape index (κ2) is 6.61. The van der Waals surface area contributed by atoms with Crippen molar-refractivity contribution in [2.45, 2.75) is 16.1 Å². The molecule has 1 fully saturated rings. The van der Waals surface area contributed by atoms with Crippen LogP contribution in [0.2, 0.25) is 5.02 Å². The van der Waals surface area contributed by atoms with Crippen molar-refractivity contribution in [3.05, 3.63) is 59.1 Å². The topological polar surface area (TPSA) is 95.4 Å². The standard InChI is InChI=1S/C18H21ClN2O3S/c1-24-14-6-2-12(3-7-14)16-17(18(16,10-20)11-21)25(22,23)15-8-4-13(19)5-9-15/h2-9,16-17H,10-11,20-21H2,1H3/t16-,17+/m1/s1. The van der Waals surface area contributed by atoms with Crippen molar-refractivity contribution < 1.29 is 13.2 Å². The second-order valence-electron chi connectivity index (χ2n) is 6.31. The van der Waals surface area contributed by atoms with Crippen molar-refractivity contribution in [1.29, 1.82) is 0 Å². The highest BCUT2D eigenvalue weighted by Crippen LogP contribution is 2.63. The van der Waals surface area contributed by atoms with Gasteiger partial charge in [0.1, 0.15) is 5.75 Å². The van der Waals surface area contributed by atoms with Gasteiger partial charge in [0.25, 0.3) is 0 Å². The van der Waals surface area contributed by atoms with Crippen molar-refractivity contribution in [3.8, 4) is 5.75 Å². The predicted molar refractivity (Wildman–Crippen MR) is 98.7 cm³/mol. The molecule has 0 unspecified atom stereocenters. The molecular weight excluding hydrogens is 360 g/mol. The van der Waals surface area contributed by atoms with E-state index < -0.39 is 20.5 Å². The summed E-state index contributed by atoms with van der Waals surface area (Å²) < 4.78 is 31.5. The number of hydrogen-bond donors (Lipinski definition) is 2. The van der Waals surface area contributed by atoms with E-state index in [-0.39, 0.29) is 23.9 Å². The zero-order valence-corrected chi connectivity index (χ0v) is 15.4. The van der Waals surface area contributed by atoms with E-state index in [4.69, 9.17) is 27.8 Å². The van der Waals surface area contributed by atoms with Crippen LogP contribution in [-0.2, 0) is 9.84 Å². The Balaban J connectivity index is 2.02. The van der Waals surface area contributed by atoms with Crippen LogP contribution < -0.4 is 16.2 Å². The summed E-state index contributed by atoms with van der Waals surface area (Å²) in [7, 11) is -1.99. The highest BCUT2D eigenvalue weighted by Gasteiger charge is 2.69. The Kier molecular flexibility index (Phi) is 4.81. The summed E-state index contributed by atoms with van der Waals surface area (Å²) in [4.78, 5) is 0.240. The number of rotatable bonds is 6. The lowest BCUT2D eigenvalue weighted by molar-refractivity contribution is 0.414. The zero-order valence-electron chi connectivity index (χ0n) is 13.9. The molecule has 0 aromatic heterocycles. The Morgan fingerprint density at radius 2 is 1.60 bits per heavy atom. The van der Waals surface area contributed by atoms with Crippen molar-refractivity contribution in [2.24, 2.45) is 16.9 Å². The third-order valence-corrected chi connectivity index (χ3v) is 7.68.